The molecule has 198 valence electrons. The van der Waals surface area contributed by atoms with Crippen LogP contribution in [0.4, 0.5) is 0 Å². The first-order chi connectivity index (χ1) is 18.3. The van der Waals surface area contributed by atoms with Crippen molar-refractivity contribution in [2.45, 2.75) is 63.8 Å². The first kappa shape index (κ1) is 24.8. The van der Waals surface area contributed by atoms with Crippen molar-refractivity contribution in [2.24, 2.45) is 11.8 Å². The molecule has 2 aliphatic heterocycles. The molecule has 1 aromatic heterocycles. The molecule has 3 heterocycles. The van der Waals surface area contributed by atoms with Gasteiger partial charge in [-0.25, -0.2) is 0 Å². The summed E-state index contributed by atoms with van der Waals surface area (Å²) >= 11 is 0. The second kappa shape index (κ2) is 11.5. The predicted octanol–water partition coefficient (Wildman–Crippen LogP) is 6.70. The van der Waals surface area contributed by atoms with Gasteiger partial charge in [0.15, 0.2) is 11.5 Å². The Morgan fingerprint density at radius 3 is 2.68 bits per heavy atom. The van der Waals surface area contributed by atoms with E-state index in [0.29, 0.717) is 12.0 Å². The van der Waals surface area contributed by atoms with E-state index in [4.69, 9.17) is 14.2 Å². The smallest absolute Gasteiger partial charge is 0.161 e. The molecule has 1 saturated carbocycles. The highest BCUT2D eigenvalue weighted by Gasteiger charge is 2.31. The molecule has 1 atom stereocenters. The minimum absolute atomic E-state index is 0.387. The molecule has 1 aliphatic carbocycles. The van der Waals surface area contributed by atoms with E-state index in [2.05, 4.69) is 52.5 Å². The number of aromatic nitrogens is 1. The summed E-state index contributed by atoms with van der Waals surface area (Å²) in [5.74, 6) is 3.24. The lowest BCUT2D eigenvalue weighted by Gasteiger charge is -2.40. The zero-order chi connectivity index (χ0) is 25.0. The van der Waals surface area contributed by atoms with Crippen molar-refractivity contribution >= 4 is 10.9 Å². The zero-order valence-corrected chi connectivity index (χ0v) is 22.3. The van der Waals surface area contributed by atoms with E-state index in [0.717, 1.165) is 69.6 Å². The second-order valence-corrected chi connectivity index (χ2v) is 11.4. The maximum Gasteiger partial charge on any atom is 0.161 e. The fraction of sp³-hybridized carbons (Fsp3) is 0.562. The molecule has 0 bridgehead atoms. The standard InChI is InChI=1S/C32H42N2O3/c1-35-31-19-28-25(18-32(31)37-22-24-6-2-3-7-24)12-15-34(21-23-13-16-36-17-14-23)30(28)11-10-26-20-33-29-9-5-4-8-27(26)29/h4-5,8-9,18-20,23-24,30,33H,2-3,6-7,10-17,21-22H2,1H3. The van der Waals surface area contributed by atoms with Crippen molar-refractivity contribution in [3.63, 3.8) is 0 Å². The summed E-state index contributed by atoms with van der Waals surface area (Å²) < 4.78 is 17.9. The molecule has 0 radical (unpaired) electrons. The van der Waals surface area contributed by atoms with Crippen LogP contribution in [-0.2, 0) is 17.6 Å². The van der Waals surface area contributed by atoms with Crippen LogP contribution in [0.3, 0.4) is 0 Å². The summed E-state index contributed by atoms with van der Waals surface area (Å²) in [6.45, 7) is 4.89. The lowest BCUT2D eigenvalue weighted by molar-refractivity contribution is 0.0423. The van der Waals surface area contributed by atoms with Crippen molar-refractivity contribution < 1.29 is 14.2 Å². The lowest BCUT2D eigenvalue weighted by atomic mass is 9.87. The Balaban J connectivity index is 1.26. The fourth-order valence-electron chi connectivity index (χ4n) is 6.87. The Labute approximate surface area is 221 Å². The minimum Gasteiger partial charge on any atom is -0.493 e. The summed E-state index contributed by atoms with van der Waals surface area (Å²) in [7, 11) is 1.79. The van der Waals surface area contributed by atoms with Crippen LogP contribution in [0.5, 0.6) is 11.5 Å². The number of ether oxygens (including phenoxy) is 3. The Morgan fingerprint density at radius 2 is 1.84 bits per heavy atom. The molecular formula is C32H42N2O3. The molecule has 37 heavy (non-hydrogen) atoms. The number of hydrogen-bond donors (Lipinski definition) is 1. The van der Waals surface area contributed by atoms with Gasteiger partial charge in [0.25, 0.3) is 0 Å². The molecule has 0 spiro atoms. The molecule has 3 aliphatic rings. The molecule has 1 N–H and O–H groups in total. The summed E-state index contributed by atoms with van der Waals surface area (Å²) in [6.07, 6.45) is 13.1. The van der Waals surface area contributed by atoms with Gasteiger partial charge in [0.1, 0.15) is 0 Å². The lowest BCUT2D eigenvalue weighted by Crippen LogP contribution is -2.40. The summed E-state index contributed by atoms with van der Waals surface area (Å²) in [4.78, 5) is 6.23. The van der Waals surface area contributed by atoms with Crippen LogP contribution < -0.4 is 9.47 Å². The zero-order valence-electron chi connectivity index (χ0n) is 22.3. The number of benzene rings is 2. The van der Waals surface area contributed by atoms with Gasteiger partial charge in [-0.15, -0.1) is 0 Å². The Bertz CT molecular complexity index is 1180. The van der Waals surface area contributed by atoms with E-state index >= 15 is 0 Å². The highest BCUT2D eigenvalue weighted by molar-refractivity contribution is 5.83. The van der Waals surface area contributed by atoms with Crippen molar-refractivity contribution in [3.8, 4) is 11.5 Å². The quantitative estimate of drug-likeness (QED) is 0.353. The first-order valence-corrected chi connectivity index (χ1v) is 14.5. The van der Waals surface area contributed by atoms with Crippen LogP contribution in [0.25, 0.3) is 10.9 Å². The van der Waals surface area contributed by atoms with Crippen LogP contribution >= 0.6 is 0 Å². The molecule has 1 unspecified atom stereocenters. The van der Waals surface area contributed by atoms with Crippen molar-refractivity contribution in [3.05, 3.63) is 59.3 Å². The number of aromatic amines is 1. The topological polar surface area (TPSA) is 46.7 Å². The van der Waals surface area contributed by atoms with Gasteiger partial charge in [-0.05, 0) is 91.7 Å². The number of methoxy groups -OCH3 is 1. The van der Waals surface area contributed by atoms with Gasteiger partial charge in [-0.1, -0.05) is 31.0 Å². The van der Waals surface area contributed by atoms with Crippen LogP contribution in [0.1, 0.15) is 67.7 Å². The SMILES string of the molecule is COc1cc2c(cc1OCC1CCCC1)CCN(CC1CCOCC1)C2CCc1c[nH]c2ccccc12. The second-order valence-electron chi connectivity index (χ2n) is 11.4. The third kappa shape index (κ3) is 5.53. The first-order valence-electron chi connectivity index (χ1n) is 14.5. The molecular weight excluding hydrogens is 460 g/mol. The average Bonchev–Trinajstić information content (AvgIpc) is 3.61. The van der Waals surface area contributed by atoms with Crippen molar-refractivity contribution in [1.29, 1.82) is 0 Å². The molecule has 3 aromatic rings. The number of para-hydroxylation sites is 1. The summed E-state index contributed by atoms with van der Waals surface area (Å²) in [6, 6.07) is 13.7. The highest BCUT2D eigenvalue weighted by Crippen LogP contribution is 2.41. The fourth-order valence-corrected chi connectivity index (χ4v) is 6.87. The third-order valence-electron chi connectivity index (χ3n) is 9.04. The number of nitrogens with one attached hydrogen (secondary N) is 1. The van der Waals surface area contributed by atoms with E-state index in [9.17, 15) is 0 Å². The molecule has 2 fully saturated rings. The molecule has 2 aromatic carbocycles. The van der Waals surface area contributed by atoms with Gasteiger partial charge >= 0.3 is 0 Å². The average molecular weight is 503 g/mol. The van der Waals surface area contributed by atoms with Crippen molar-refractivity contribution in [2.75, 3.05) is 40.0 Å². The summed E-state index contributed by atoms with van der Waals surface area (Å²) in [5.41, 5.74) is 5.51. The van der Waals surface area contributed by atoms with Gasteiger partial charge in [-0.2, -0.15) is 0 Å². The van der Waals surface area contributed by atoms with E-state index in [1.165, 1.54) is 66.1 Å². The molecule has 5 heteroatoms. The van der Waals surface area contributed by atoms with Gasteiger partial charge in [0, 0.05) is 49.4 Å². The van der Waals surface area contributed by atoms with Gasteiger partial charge in [0.2, 0.25) is 0 Å². The molecule has 6 rings (SSSR count). The maximum atomic E-state index is 6.37. The monoisotopic (exact) mass is 502 g/mol. The molecule has 1 saturated heterocycles. The summed E-state index contributed by atoms with van der Waals surface area (Å²) in [5, 5.41) is 1.35. The van der Waals surface area contributed by atoms with Crippen molar-refractivity contribution in [1.82, 2.24) is 9.88 Å². The number of hydrogen-bond acceptors (Lipinski definition) is 4. The molecule has 0 amide bonds. The van der Waals surface area contributed by atoms with E-state index < -0.39 is 0 Å². The van der Waals surface area contributed by atoms with Gasteiger partial charge in [0.05, 0.1) is 13.7 Å². The normalized spacial score (nSPS) is 21.4. The Kier molecular flexibility index (Phi) is 7.70. The van der Waals surface area contributed by atoms with Crippen LogP contribution in [-0.4, -0.2) is 49.9 Å². The number of H-pyrrole nitrogens is 1. The largest absolute Gasteiger partial charge is 0.493 e. The number of rotatable bonds is 9. The van der Waals surface area contributed by atoms with E-state index in [1.54, 1.807) is 7.11 Å². The van der Waals surface area contributed by atoms with Crippen LogP contribution in [0.2, 0.25) is 0 Å². The Hall–Kier alpha value is -2.50. The predicted molar refractivity (Wildman–Crippen MR) is 149 cm³/mol. The Morgan fingerprint density at radius 1 is 1.00 bits per heavy atom. The van der Waals surface area contributed by atoms with Crippen LogP contribution in [0.15, 0.2) is 42.6 Å². The number of aryl methyl sites for hydroxylation is 1. The third-order valence-corrected chi connectivity index (χ3v) is 9.04. The highest BCUT2D eigenvalue weighted by atomic mass is 16.5. The van der Waals surface area contributed by atoms with Gasteiger partial charge < -0.3 is 19.2 Å². The van der Waals surface area contributed by atoms with E-state index in [1.807, 2.05) is 0 Å². The van der Waals surface area contributed by atoms with Gasteiger partial charge in [-0.3, -0.25) is 4.90 Å². The maximum absolute atomic E-state index is 6.37. The number of nitrogens with zero attached hydrogens (tertiary/aromatic N) is 1. The minimum atomic E-state index is 0.387. The van der Waals surface area contributed by atoms with E-state index in [-0.39, 0.29) is 0 Å². The number of fused-ring (bicyclic) bond motifs is 2. The van der Waals surface area contributed by atoms with Crippen LogP contribution in [0, 0.1) is 11.8 Å². The molecule has 5 nitrogen and oxygen atoms in total.